The number of aliphatic carboxylic acids is 1. The third-order valence-corrected chi connectivity index (χ3v) is 6.59. The number of carboxylic acids is 1. The van der Waals surface area contributed by atoms with Gasteiger partial charge in [-0.2, -0.15) is 0 Å². The first-order valence-electron chi connectivity index (χ1n) is 9.33. The Labute approximate surface area is 154 Å². The monoisotopic (exact) mass is 359 g/mol. The Morgan fingerprint density at radius 2 is 1.62 bits per heavy atom. The molecular formula is C18H26BN3O4. The van der Waals surface area contributed by atoms with Crippen molar-refractivity contribution in [1.29, 1.82) is 0 Å². The maximum atomic E-state index is 11.5. The number of aromatic nitrogens is 2. The van der Waals surface area contributed by atoms with Crippen LogP contribution in [0.15, 0.2) is 12.4 Å². The van der Waals surface area contributed by atoms with Gasteiger partial charge in [-0.05, 0) is 52.4 Å². The highest BCUT2D eigenvalue weighted by atomic mass is 16.7. The third kappa shape index (κ3) is 2.79. The Hall–Kier alpha value is -1.67. The SMILES string of the molecule is CC1(C)OB(c2cnc(N3C[C@H]4CC[C@@H](C3)[C@@H]4C(=O)O)nc2)OC1(C)C. The standard InChI is InChI=1S/C18H26BN3O4/c1-17(2)18(3,4)26-19(25-17)13-7-20-16(21-8-13)22-9-11-5-6-12(10-22)14(11)15(23)24/h7-8,11-12,14H,5-6,9-10H2,1-4H3,(H,23,24)/t11-,12+,14-. The van der Waals surface area contributed by atoms with Crippen LogP contribution in [-0.2, 0) is 14.1 Å². The van der Waals surface area contributed by atoms with Crippen LogP contribution in [0.1, 0.15) is 40.5 Å². The number of carboxylic acid groups (broad SMARTS) is 1. The summed E-state index contributed by atoms with van der Waals surface area (Å²) in [5, 5.41) is 9.44. The minimum absolute atomic E-state index is 0.192. The Bertz CT molecular complexity index is 679. The molecular weight excluding hydrogens is 333 g/mol. The highest BCUT2D eigenvalue weighted by Crippen LogP contribution is 2.42. The molecule has 3 aliphatic rings. The lowest BCUT2D eigenvalue weighted by Crippen LogP contribution is -2.45. The number of hydrogen-bond acceptors (Lipinski definition) is 6. The molecule has 2 saturated heterocycles. The van der Waals surface area contributed by atoms with E-state index in [-0.39, 0.29) is 17.8 Å². The summed E-state index contributed by atoms with van der Waals surface area (Å²) in [6, 6.07) is 0. The van der Waals surface area contributed by atoms with Crippen LogP contribution < -0.4 is 10.4 Å². The number of piperidine rings is 1. The van der Waals surface area contributed by atoms with Gasteiger partial charge in [-0.15, -0.1) is 0 Å². The van der Waals surface area contributed by atoms with E-state index in [0.717, 1.165) is 18.3 Å². The predicted molar refractivity (Wildman–Crippen MR) is 97.3 cm³/mol. The predicted octanol–water partition coefficient (Wildman–Crippen LogP) is 1.32. The van der Waals surface area contributed by atoms with Gasteiger partial charge in [0.15, 0.2) is 0 Å². The summed E-state index contributed by atoms with van der Waals surface area (Å²) in [5.74, 6) is 0.172. The van der Waals surface area contributed by atoms with E-state index in [1.54, 1.807) is 12.4 Å². The molecule has 2 aliphatic heterocycles. The van der Waals surface area contributed by atoms with Gasteiger partial charge in [0.2, 0.25) is 5.95 Å². The van der Waals surface area contributed by atoms with Crippen LogP contribution in [0.3, 0.4) is 0 Å². The first-order chi connectivity index (χ1) is 12.2. The topological polar surface area (TPSA) is 84.8 Å². The average Bonchev–Trinajstić information content (AvgIpc) is 2.96. The van der Waals surface area contributed by atoms with Crippen LogP contribution in [0, 0.1) is 17.8 Å². The summed E-state index contributed by atoms with van der Waals surface area (Å²) in [5.41, 5.74) is 0.0125. The molecule has 0 aromatic carbocycles. The van der Waals surface area contributed by atoms with Gasteiger partial charge in [0.05, 0.1) is 17.1 Å². The molecule has 3 heterocycles. The normalized spacial score (nSPS) is 32.1. The zero-order chi connectivity index (χ0) is 18.7. The summed E-state index contributed by atoms with van der Waals surface area (Å²) in [7, 11) is -0.469. The molecule has 1 aliphatic carbocycles. The molecule has 7 nitrogen and oxygen atoms in total. The van der Waals surface area contributed by atoms with Crippen LogP contribution in [0.4, 0.5) is 5.95 Å². The summed E-state index contributed by atoms with van der Waals surface area (Å²) < 4.78 is 12.1. The maximum Gasteiger partial charge on any atom is 0.498 e. The lowest BCUT2D eigenvalue weighted by Gasteiger charge is -2.35. The molecule has 2 bridgehead atoms. The summed E-state index contributed by atoms with van der Waals surface area (Å²) in [4.78, 5) is 22.6. The van der Waals surface area contributed by atoms with Crippen LogP contribution in [-0.4, -0.2) is 52.5 Å². The molecule has 1 saturated carbocycles. The van der Waals surface area contributed by atoms with Crippen molar-refractivity contribution >= 4 is 24.5 Å². The van der Waals surface area contributed by atoms with Gasteiger partial charge in [0.25, 0.3) is 0 Å². The fraction of sp³-hybridized carbons (Fsp3) is 0.722. The van der Waals surface area contributed by atoms with Crippen LogP contribution >= 0.6 is 0 Å². The van der Waals surface area contributed by atoms with E-state index in [9.17, 15) is 9.90 Å². The maximum absolute atomic E-state index is 11.5. The molecule has 0 spiro atoms. The smallest absolute Gasteiger partial charge is 0.481 e. The van der Waals surface area contributed by atoms with Gasteiger partial charge >= 0.3 is 13.1 Å². The summed E-state index contributed by atoms with van der Waals surface area (Å²) >= 11 is 0. The second-order valence-corrected chi connectivity index (χ2v) is 8.77. The largest absolute Gasteiger partial charge is 0.498 e. The van der Waals surface area contributed by atoms with E-state index >= 15 is 0 Å². The molecule has 0 amide bonds. The zero-order valence-corrected chi connectivity index (χ0v) is 15.8. The van der Waals surface area contributed by atoms with Crippen molar-refractivity contribution in [1.82, 2.24) is 9.97 Å². The van der Waals surface area contributed by atoms with Crippen molar-refractivity contribution in [3.63, 3.8) is 0 Å². The van der Waals surface area contributed by atoms with Gasteiger partial charge in [0, 0.05) is 30.9 Å². The van der Waals surface area contributed by atoms with E-state index in [1.165, 1.54) is 0 Å². The molecule has 3 fully saturated rings. The van der Waals surface area contributed by atoms with Gasteiger partial charge in [-0.3, -0.25) is 4.79 Å². The van der Waals surface area contributed by atoms with Gasteiger partial charge in [-0.25, -0.2) is 9.97 Å². The average molecular weight is 359 g/mol. The lowest BCUT2D eigenvalue weighted by molar-refractivity contribution is -0.144. The second kappa shape index (κ2) is 5.92. The zero-order valence-electron chi connectivity index (χ0n) is 15.8. The van der Waals surface area contributed by atoms with Crippen molar-refractivity contribution in [3.05, 3.63) is 12.4 Å². The van der Waals surface area contributed by atoms with Crippen LogP contribution in [0.2, 0.25) is 0 Å². The first kappa shape index (κ1) is 17.7. The van der Waals surface area contributed by atoms with Gasteiger partial charge in [0.1, 0.15) is 0 Å². The van der Waals surface area contributed by atoms with Crippen LogP contribution in [0.25, 0.3) is 0 Å². The van der Waals surface area contributed by atoms with Crippen molar-refractivity contribution in [3.8, 4) is 0 Å². The Morgan fingerprint density at radius 3 is 2.08 bits per heavy atom. The Morgan fingerprint density at radius 1 is 1.12 bits per heavy atom. The van der Waals surface area contributed by atoms with Crippen LogP contribution in [0.5, 0.6) is 0 Å². The molecule has 26 heavy (non-hydrogen) atoms. The second-order valence-electron chi connectivity index (χ2n) is 8.77. The number of rotatable bonds is 3. The highest BCUT2D eigenvalue weighted by Gasteiger charge is 2.52. The minimum Gasteiger partial charge on any atom is -0.481 e. The number of nitrogens with zero attached hydrogens (tertiary/aromatic N) is 3. The molecule has 140 valence electrons. The quantitative estimate of drug-likeness (QED) is 0.815. The lowest BCUT2D eigenvalue weighted by atomic mass is 9.81. The number of carbonyl (C=O) groups is 1. The minimum atomic E-state index is -0.658. The van der Waals surface area contributed by atoms with E-state index < -0.39 is 24.3 Å². The van der Waals surface area contributed by atoms with E-state index in [4.69, 9.17) is 9.31 Å². The molecule has 8 heteroatoms. The van der Waals surface area contributed by atoms with Gasteiger partial charge < -0.3 is 19.3 Å². The van der Waals surface area contributed by atoms with E-state index in [2.05, 4.69) is 14.9 Å². The van der Waals surface area contributed by atoms with Crippen molar-refractivity contribution < 1.29 is 19.2 Å². The van der Waals surface area contributed by atoms with Crippen molar-refractivity contribution in [2.24, 2.45) is 17.8 Å². The molecule has 1 aromatic heterocycles. The fourth-order valence-electron chi connectivity index (χ4n) is 4.38. The molecule has 0 radical (unpaired) electrons. The Kier molecular flexibility index (Phi) is 4.04. The van der Waals surface area contributed by atoms with Crippen molar-refractivity contribution in [2.45, 2.75) is 51.7 Å². The summed E-state index contributed by atoms with van der Waals surface area (Å²) in [6.07, 6.45) is 5.47. The number of fused-ring (bicyclic) bond motifs is 2. The highest BCUT2D eigenvalue weighted by molar-refractivity contribution is 6.61. The summed E-state index contributed by atoms with van der Waals surface area (Å²) in [6.45, 7) is 9.50. The molecule has 3 atom stereocenters. The molecule has 4 rings (SSSR count). The number of anilines is 1. The Balaban J connectivity index is 1.47. The molecule has 0 unspecified atom stereocenters. The third-order valence-electron chi connectivity index (χ3n) is 6.59. The fourth-order valence-corrected chi connectivity index (χ4v) is 4.38. The van der Waals surface area contributed by atoms with Gasteiger partial charge in [-0.1, -0.05) is 0 Å². The number of hydrogen-bond donors (Lipinski definition) is 1. The van der Waals surface area contributed by atoms with E-state index in [0.29, 0.717) is 19.0 Å². The first-order valence-corrected chi connectivity index (χ1v) is 9.33. The molecule has 1 N–H and O–H groups in total. The molecule has 1 aromatic rings. The van der Waals surface area contributed by atoms with Crippen molar-refractivity contribution in [2.75, 3.05) is 18.0 Å². The van der Waals surface area contributed by atoms with E-state index in [1.807, 2.05) is 27.7 Å².